The summed E-state index contributed by atoms with van der Waals surface area (Å²) in [6, 6.07) is 4.39. The summed E-state index contributed by atoms with van der Waals surface area (Å²) in [4.78, 5) is 10.1. The van der Waals surface area contributed by atoms with Crippen molar-refractivity contribution in [3.8, 4) is 0 Å². The number of fused-ring (bicyclic) bond motifs is 1. The monoisotopic (exact) mass is 204 g/mol. The van der Waals surface area contributed by atoms with E-state index in [0.717, 1.165) is 0 Å². The summed E-state index contributed by atoms with van der Waals surface area (Å²) >= 11 is 0. The van der Waals surface area contributed by atoms with Gasteiger partial charge in [-0.3, -0.25) is 20.2 Å². The van der Waals surface area contributed by atoms with E-state index in [1.54, 1.807) is 17.8 Å². The Kier molecular flexibility index (Phi) is 1.96. The van der Waals surface area contributed by atoms with Gasteiger partial charge in [-0.25, -0.2) is 0 Å². The van der Waals surface area contributed by atoms with E-state index in [2.05, 4.69) is 5.10 Å². The first-order valence-corrected chi connectivity index (χ1v) is 4.24. The fourth-order valence-corrected chi connectivity index (χ4v) is 1.41. The van der Waals surface area contributed by atoms with Gasteiger partial charge in [0.1, 0.15) is 0 Å². The number of nitro groups is 1. The van der Waals surface area contributed by atoms with Crippen LogP contribution < -0.4 is 5.36 Å². The van der Waals surface area contributed by atoms with E-state index in [4.69, 9.17) is 5.41 Å². The maximum atomic E-state index is 10.6. The Hall–Kier alpha value is -2.24. The van der Waals surface area contributed by atoms with E-state index < -0.39 is 4.92 Å². The minimum Gasteiger partial charge on any atom is -0.298 e. The molecule has 1 heterocycles. The van der Waals surface area contributed by atoms with Crippen LogP contribution in [0.3, 0.4) is 0 Å². The van der Waals surface area contributed by atoms with Crippen molar-refractivity contribution in [3.05, 3.63) is 39.9 Å². The third-order valence-electron chi connectivity index (χ3n) is 2.19. The number of aromatic nitrogens is 2. The van der Waals surface area contributed by atoms with Gasteiger partial charge in [-0.05, 0) is 6.07 Å². The molecule has 0 saturated heterocycles. The number of nitro benzene ring substituents is 1. The SMILES string of the molecule is Cn1ncc(=N)c2cc([N+](=O)[O-])ccc21. The minimum absolute atomic E-state index is 0.0119. The molecule has 0 radical (unpaired) electrons. The number of nitrogens with one attached hydrogen (secondary N) is 1. The number of benzene rings is 1. The summed E-state index contributed by atoms with van der Waals surface area (Å²) in [5.41, 5.74) is 0.690. The van der Waals surface area contributed by atoms with Gasteiger partial charge in [-0.2, -0.15) is 5.10 Å². The van der Waals surface area contributed by atoms with E-state index in [1.165, 1.54) is 18.3 Å². The van der Waals surface area contributed by atoms with E-state index in [9.17, 15) is 10.1 Å². The van der Waals surface area contributed by atoms with Gasteiger partial charge in [-0.15, -0.1) is 0 Å². The molecule has 15 heavy (non-hydrogen) atoms. The van der Waals surface area contributed by atoms with Gasteiger partial charge >= 0.3 is 0 Å². The second kappa shape index (κ2) is 3.16. The predicted molar refractivity (Wildman–Crippen MR) is 53.2 cm³/mol. The molecule has 0 aliphatic heterocycles. The molecule has 0 spiro atoms. The molecule has 1 aromatic heterocycles. The summed E-state index contributed by atoms with van der Waals surface area (Å²) in [7, 11) is 1.73. The van der Waals surface area contributed by atoms with Crippen molar-refractivity contribution < 1.29 is 4.92 Å². The van der Waals surface area contributed by atoms with Crippen molar-refractivity contribution in [1.29, 1.82) is 5.41 Å². The molecular weight excluding hydrogens is 196 g/mol. The lowest BCUT2D eigenvalue weighted by atomic mass is 10.2. The highest BCUT2D eigenvalue weighted by molar-refractivity contribution is 5.80. The molecule has 0 fully saturated rings. The first-order chi connectivity index (χ1) is 7.09. The summed E-state index contributed by atoms with van der Waals surface area (Å²) in [5.74, 6) is 0. The lowest BCUT2D eigenvalue weighted by Crippen LogP contribution is -2.09. The number of aryl methyl sites for hydroxylation is 1. The van der Waals surface area contributed by atoms with Crippen molar-refractivity contribution in [3.63, 3.8) is 0 Å². The van der Waals surface area contributed by atoms with E-state index >= 15 is 0 Å². The predicted octanol–water partition coefficient (Wildman–Crippen LogP) is 0.961. The largest absolute Gasteiger partial charge is 0.298 e. The first-order valence-electron chi connectivity index (χ1n) is 4.24. The Bertz CT molecular complexity index is 603. The van der Waals surface area contributed by atoms with Crippen LogP contribution >= 0.6 is 0 Å². The van der Waals surface area contributed by atoms with Gasteiger partial charge < -0.3 is 0 Å². The van der Waals surface area contributed by atoms with Crippen LogP contribution in [0, 0.1) is 15.5 Å². The molecular formula is C9H8N4O2. The maximum Gasteiger partial charge on any atom is 0.270 e. The summed E-state index contributed by atoms with van der Waals surface area (Å²) < 4.78 is 1.58. The summed E-state index contributed by atoms with van der Waals surface area (Å²) in [6.45, 7) is 0. The van der Waals surface area contributed by atoms with Crippen LogP contribution in [0.5, 0.6) is 0 Å². The zero-order valence-corrected chi connectivity index (χ0v) is 7.97. The second-order valence-corrected chi connectivity index (χ2v) is 3.14. The van der Waals surface area contributed by atoms with Crippen molar-refractivity contribution in [2.75, 3.05) is 0 Å². The first kappa shape index (κ1) is 9.32. The van der Waals surface area contributed by atoms with Crippen molar-refractivity contribution in [2.45, 2.75) is 0 Å². The Labute approximate surface area is 84.4 Å². The molecule has 0 unspecified atom stereocenters. The molecule has 0 saturated carbocycles. The molecule has 0 atom stereocenters. The van der Waals surface area contributed by atoms with Gasteiger partial charge in [0.05, 0.1) is 22.0 Å². The average molecular weight is 204 g/mol. The molecule has 1 N–H and O–H groups in total. The number of rotatable bonds is 1. The summed E-state index contributed by atoms with van der Waals surface area (Å²) in [6.07, 6.45) is 1.37. The normalized spacial score (nSPS) is 10.5. The highest BCUT2D eigenvalue weighted by Gasteiger charge is 2.08. The molecule has 0 bridgehead atoms. The van der Waals surface area contributed by atoms with E-state index in [0.29, 0.717) is 10.9 Å². The van der Waals surface area contributed by atoms with Crippen LogP contribution in [0.2, 0.25) is 0 Å². The lowest BCUT2D eigenvalue weighted by Gasteiger charge is -2.03. The van der Waals surface area contributed by atoms with Gasteiger partial charge in [0.2, 0.25) is 0 Å². The van der Waals surface area contributed by atoms with Crippen LogP contribution in [0.4, 0.5) is 5.69 Å². The lowest BCUT2D eigenvalue weighted by molar-refractivity contribution is -0.384. The number of nitrogens with zero attached hydrogens (tertiary/aromatic N) is 3. The van der Waals surface area contributed by atoms with E-state index in [-0.39, 0.29) is 11.0 Å². The number of non-ortho nitro benzene ring substituents is 1. The van der Waals surface area contributed by atoms with Crippen LogP contribution in [0.25, 0.3) is 10.9 Å². The molecule has 1 aromatic carbocycles. The standard InChI is InChI=1S/C9H8N4O2/c1-12-9-3-2-6(13(14)15)4-7(9)8(10)5-11-12/h2-5,10H,1H3. The Morgan fingerprint density at radius 1 is 1.53 bits per heavy atom. The molecule has 6 heteroatoms. The summed E-state index contributed by atoms with van der Waals surface area (Å²) in [5, 5.41) is 22.8. The van der Waals surface area contributed by atoms with E-state index in [1.807, 2.05) is 0 Å². The third-order valence-corrected chi connectivity index (χ3v) is 2.19. The smallest absolute Gasteiger partial charge is 0.270 e. The molecule has 6 nitrogen and oxygen atoms in total. The fraction of sp³-hybridized carbons (Fsp3) is 0.111. The van der Waals surface area contributed by atoms with Gasteiger partial charge in [0.25, 0.3) is 5.69 Å². The van der Waals surface area contributed by atoms with Crippen molar-refractivity contribution in [2.24, 2.45) is 7.05 Å². The molecule has 2 rings (SSSR count). The van der Waals surface area contributed by atoms with Crippen molar-refractivity contribution >= 4 is 16.6 Å². The minimum atomic E-state index is -0.473. The Morgan fingerprint density at radius 2 is 2.27 bits per heavy atom. The molecule has 0 aliphatic rings. The highest BCUT2D eigenvalue weighted by Crippen LogP contribution is 2.16. The van der Waals surface area contributed by atoms with Crippen molar-refractivity contribution in [1.82, 2.24) is 9.78 Å². The molecule has 0 aliphatic carbocycles. The molecule has 0 amide bonds. The second-order valence-electron chi connectivity index (χ2n) is 3.14. The molecule has 2 aromatic rings. The zero-order valence-electron chi connectivity index (χ0n) is 7.97. The maximum absolute atomic E-state index is 10.6. The Balaban J connectivity index is 2.87. The van der Waals surface area contributed by atoms with Crippen LogP contribution in [0.1, 0.15) is 0 Å². The van der Waals surface area contributed by atoms with Gasteiger partial charge in [0.15, 0.2) is 0 Å². The quantitative estimate of drug-likeness (QED) is 0.554. The van der Waals surface area contributed by atoms with Crippen LogP contribution in [0.15, 0.2) is 24.4 Å². The zero-order chi connectivity index (χ0) is 11.0. The van der Waals surface area contributed by atoms with Gasteiger partial charge in [0, 0.05) is 24.6 Å². The third kappa shape index (κ3) is 1.45. The topological polar surface area (TPSA) is 84.8 Å². The highest BCUT2D eigenvalue weighted by atomic mass is 16.6. The Morgan fingerprint density at radius 3 is 2.93 bits per heavy atom. The average Bonchev–Trinajstić information content (AvgIpc) is 2.23. The fourth-order valence-electron chi connectivity index (χ4n) is 1.41. The number of hydrogen-bond acceptors (Lipinski definition) is 4. The van der Waals surface area contributed by atoms with Crippen LogP contribution in [-0.4, -0.2) is 14.7 Å². The number of hydrogen-bond donors (Lipinski definition) is 1. The van der Waals surface area contributed by atoms with Crippen LogP contribution in [-0.2, 0) is 7.05 Å². The van der Waals surface area contributed by atoms with Gasteiger partial charge in [-0.1, -0.05) is 0 Å². The molecule has 76 valence electrons.